The first-order valence-electron chi connectivity index (χ1n) is 6.43. The van der Waals surface area contributed by atoms with Crippen LogP contribution in [0.1, 0.15) is 28.9 Å². The van der Waals surface area contributed by atoms with E-state index in [1.807, 2.05) is 72.5 Å². The Morgan fingerprint density at radius 2 is 1.68 bits per heavy atom. The maximum atomic E-state index is 12.6. The summed E-state index contributed by atoms with van der Waals surface area (Å²) in [5, 5.41) is 0. The minimum absolute atomic E-state index is 0.00361. The number of para-hydroxylation sites is 1. The molecule has 2 heteroatoms. The first-order valence-corrected chi connectivity index (χ1v) is 6.43. The van der Waals surface area contributed by atoms with Crippen LogP contribution < -0.4 is 4.90 Å². The van der Waals surface area contributed by atoms with E-state index in [0.717, 1.165) is 16.8 Å². The molecule has 0 saturated carbocycles. The molecule has 1 amide bonds. The van der Waals surface area contributed by atoms with Gasteiger partial charge in [-0.3, -0.25) is 9.69 Å². The number of benzene rings is 2. The number of hydrogen-bond donors (Lipinski definition) is 0. The van der Waals surface area contributed by atoms with Gasteiger partial charge in [0, 0.05) is 11.3 Å². The van der Waals surface area contributed by atoms with Gasteiger partial charge in [-0.15, -0.1) is 0 Å². The molecule has 0 aromatic heterocycles. The third-order valence-corrected chi connectivity index (χ3v) is 3.42. The molecule has 2 aromatic rings. The summed E-state index contributed by atoms with van der Waals surface area (Å²) in [5.74, 6) is 0.0740. The maximum absolute atomic E-state index is 12.6. The van der Waals surface area contributed by atoms with Crippen LogP contribution in [0.2, 0.25) is 0 Å². The molecule has 1 unspecified atom stereocenters. The number of carbonyl (C=O) groups excluding carboxylic acids is 1. The Morgan fingerprint density at radius 1 is 1.00 bits per heavy atom. The van der Waals surface area contributed by atoms with E-state index in [-0.39, 0.29) is 11.9 Å². The summed E-state index contributed by atoms with van der Waals surface area (Å²) in [6, 6.07) is 17.6. The summed E-state index contributed by atoms with van der Waals surface area (Å²) in [4.78, 5) is 14.4. The van der Waals surface area contributed by atoms with Crippen LogP contribution in [0.25, 0.3) is 0 Å². The van der Waals surface area contributed by atoms with Crippen molar-refractivity contribution in [3.63, 3.8) is 0 Å². The lowest BCUT2D eigenvalue weighted by Gasteiger charge is -2.22. The Kier molecular flexibility index (Phi) is 2.92. The van der Waals surface area contributed by atoms with Crippen molar-refractivity contribution in [2.45, 2.75) is 13.0 Å². The van der Waals surface area contributed by atoms with Crippen molar-refractivity contribution >= 4 is 11.6 Å². The summed E-state index contributed by atoms with van der Waals surface area (Å²) in [6.45, 7) is 1.98. The highest BCUT2D eigenvalue weighted by Crippen LogP contribution is 2.37. The third-order valence-electron chi connectivity index (χ3n) is 3.42. The molecule has 0 spiro atoms. The van der Waals surface area contributed by atoms with E-state index >= 15 is 0 Å². The van der Waals surface area contributed by atoms with Crippen molar-refractivity contribution in [2.24, 2.45) is 0 Å². The molecule has 2 nitrogen and oxygen atoms in total. The molecule has 1 atom stereocenters. The van der Waals surface area contributed by atoms with Gasteiger partial charge in [0.2, 0.25) is 0 Å². The molecule has 0 bridgehead atoms. The molecule has 0 fully saturated rings. The molecular weight excluding hydrogens is 234 g/mol. The van der Waals surface area contributed by atoms with Crippen molar-refractivity contribution in [3.05, 3.63) is 77.9 Å². The average Bonchev–Trinajstić information content (AvgIpc) is 2.74. The van der Waals surface area contributed by atoms with Crippen LogP contribution in [-0.4, -0.2) is 5.91 Å². The highest BCUT2D eigenvalue weighted by atomic mass is 16.2. The van der Waals surface area contributed by atoms with Crippen LogP contribution in [0.15, 0.2) is 66.7 Å². The van der Waals surface area contributed by atoms with Gasteiger partial charge in [0.05, 0.1) is 6.04 Å². The molecule has 3 rings (SSSR count). The average molecular weight is 249 g/mol. The predicted molar refractivity (Wildman–Crippen MR) is 77.2 cm³/mol. The highest BCUT2D eigenvalue weighted by Gasteiger charge is 2.35. The van der Waals surface area contributed by atoms with Crippen molar-refractivity contribution < 1.29 is 4.79 Å². The molecule has 19 heavy (non-hydrogen) atoms. The number of rotatable bonds is 2. The summed E-state index contributed by atoms with van der Waals surface area (Å²) >= 11 is 0. The smallest absolute Gasteiger partial charge is 0.259 e. The second kappa shape index (κ2) is 4.73. The van der Waals surface area contributed by atoms with E-state index in [1.54, 1.807) is 0 Å². The fourth-order valence-corrected chi connectivity index (χ4v) is 2.58. The second-order valence-electron chi connectivity index (χ2n) is 4.57. The Hall–Kier alpha value is -2.35. The first kappa shape index (κ1) is 11.7. The Morgan fingerprint density at radius 3 is 2.42 bits per heavy atom. The molecule has 1 aliphatic heterocycles. The van der Waals surface area contributed by atoms with Gasteiger partial charge in [-0.1, -0.05) is 48.6 Å². The van der Waals surface area contributed by atoms with E-state index < -0.39 is 0 Å². The normalized spacial score (nSPS) is 18.1. The Labute approximate surface area is 113 Å². The number of nitrogens with zero attached hydrogens (tertiary/aromatic N) is 1. The molecule has 0 radical (unpaired) electrons. The third kappa shape index (κ3) is 1.85. The van der Waals surface area contributed by atoms with E-state index in [0.29, 0.717) is 0 Å². The monoisotopic (exact) mass is 249 g/mol. The van der Waals surface area contributed by atoms with Crippen LogP contribution in [-0.2, 0) is 0 Å². The molecule has 0 aliphatic carbocycles. The lowest BCUT2D eigenvalue weighted by molar-refractivity contribution is 0.0994. The maximum Gasteiger partial charge on any atom is 0.259 e. The fraction of sp³-hybridized carbons (Fsp3) is 0.118. The van der Waals surface area contributed by atoms with Crippen molar-refractivity contribution in [1.29, 1.82) is 0 Å². The topological polar surface area (TPSA) is 20.3 Å². The number of anilines is 1. The SMILES string of the molecule is CC=CC1c2ccccc2C(=O)N1c1ccccc1. The van der Waals surface area contributed by atoms with E-state index in [2.05, 4.69) is 6.08 Å². The van der Waals surface area contributed by atoms with Gasteiger partial charge in [-0.25, -0.2) is 0 Å². The van der Waals surface area contributed by atoms with E-state index in [1.165, 1.54) is 0 Å². The van der Waals surface area contributed by atoms with Crippen molar-refractivity contribution in [1.82, 2.24) is 0 Å². The quantitative estimate of drug-likeness (QED) is 0.738. The van der Waals surface area contributed by atoms with Crippen molar-refractivity contribution in [3.8, 4) is 0 Å². The van der Waals surface area contributed by atoms with Crippen LogP contribution in [0.4, 0.5) is 5.69 Å². The van der Waals surface area contributed by atoms with Gasteiger partial charge in [0.25, 0.3) is 5.91 Å². The van der Waals surface area contributed by atoms with Crippen LogP contribution in [0, 0.1) is 0 Å². The fourth-order valence-electron chi connectivity index (χ4n) is 2.58. The largest absolute Gasteiger partial charge is 0.297 e. The second-order valence-corrected chi connectivity index (χ2v) is 4.57. The molecule has 2 aromatic carbocycles. The van der Waals surface area contributed by atoms with E-state index in [4.69, 9.17) is 0 Å². The number of carbonyl (C=O) groups is 1. The number of fused-ring (bicyclic) bond motifs is 1. The van der Waals surface area contributed by atoms with Crippen LogP contribution >= 0.6 is 0 Å². The zero-order valence-corrected chi connectivity index (χ0v) is 10.8. The molecule has 94 valence electrons. The van der Waals surface area contributed by atoms with Gasteiger partial charge in [-0.05, 0) is 30.7 Å². The van der Waals surface area contributed by atoms with Gasteiger partial charge in [0.15, 0.2) is 0 Å². The van der Waals surface area contributed by atoms with Gasteiger partial charge in [0.1, 0.15) is 0 Å². The minimum Gasteiger partial charge on any atom is -0.297 e. The summed E-state index contributed by atoms with van der Waals surface area (Å²) < 4.78 is 0. The summed E-state index contributed by atoms with van der Waals surface area (Å²) in [5.41, 5.74) is 2.82. The number of hydrogen-bond acceptors (Lipinski definition) is 1. The number of amides is 1. The molecular formula is C17H15NO. The predicted octanol–water partition coefficient (Wildman–Crippen LogP) is 3.96. The zero-order chi connectivity index (χ0) is 13.2. The van der Waals surface area contributed by atoms with Gasteiger partial charge >= 0.3 is 0 Å². The number of allylic oxidation sites excluding steroid dienone is 1. The lowest BCUT2D eigenvalue weighted by atomic mass is 10.0. The summed E-state index contributed by atoms with van der Waals surface area (Å²) in [7, 11) is 0. The minimum atomic E-state index is -0.00361. The lowest BCUT2D eigenvalue weighted by Crippen LogP contribution is -2.26. The van der Waals surface area contributed by atoms with Gasteiger partial charge in [-0.2, -0.15) is 0 Å². The van der Waals surface area contributed by atoms with Crippen molar-refractivity contribution in [2.75, 3.05) is 4.90 Å². The molecule has 0 N–H and O–H groups in total. The molecule has 1 aliphatic rings. The zero-order valence-electron chi connectivity index (χ0n) is 10.8. The highest BCUT2D eigenvalue weighted by molar-refractivity contribution is 6.11. The van der Waals surface area contributed by atoms with Crippen LogP contribution in [0.3, 0.4) is 0 Å². The van der Waals surface area contributed by atoms with Crippen LogP contribution in [0.5, 0.6) is 0 Å². The Bertz CT molecular complexity index is 631. The standard InChI is InChI=1S/C17H15NO/c1-2-8-16-14-11-6-7-12-15(14)17(19)18(16)13-9-4-3-5-10-13/h2-12,16H,1H3. The molecule has 1 heterocycles. The Balaban J connectivity index is 2.14. The molecule has 0 saturated heterocycles. The van der Waals surface area contributed by atoms with E-state index in [9.17, 15) is 4.79 Å². The first-order chi connectivity index (χ1) is 9.33. The van der Waals surface area contributed by atoms with Gasteiger partial charge < -0.3 is 0 Å². The summed E-state index contributed by atoms with van der Waals surface area (Å²) in [6.07, 6.45) is 4.06.